The van der Waals surface area contributed by atoms with Gasteiger partial charge in [-0.05, 0) is 53.0 Å². The van der Waals surface area contributed by atoms with Crippen molar-refractivity contribution in [3.05, 3.63) is 6.33 Å². The van der Waals surface area contributed by atoms with E-state index in [0.29, 0.717) is 43.0 Å². The number of nitrogens with one attached hydrogen (secondary N) is 4. The highest BCUT2D eigenvalue weighted by atomic mass is 16.4. The van der Waals surface area contributed by atoms with E-state index in [2.05, 4.69) is 56.9 Å². The standard InChI is InChI=1S/C34H56N14O7/c35-23-37-25(26(49)20-29(52)53)16-13-14-18-36-27(50)21-48(22-30(54)55)28(51)17-12-10-8-6-4-2-1-3-5-7-9-11-15-19-47-24-38-31(33-39-43-44-40-33)32(47)34-41-45-46-42-34/h24-25,37H,1-23,35H2,(H,36,50)(H,52,53)(H,54,55)(H,39,40,43,44)(H,41,42,45,46)/t25-/m0/s1. The van der Waals surface area contributed by atoms with E-state index in [9.17, 15) is 29.1 Å². The number of carbonyl (C=O) groups is 5. The molecule has 0 aromatic carbocycles. The number of rotatable bonds is 32. The van der Waals surface area contributed by atoms with Gasteiger partial charge in [-0.1, -0.05) is 70.6 Å². The average molecular weight is 773 g/mol. The number of Topliss-reactive ketones (excluding diaryl/α,β-unsaturated/α-hetero) is 1. The van der Waals surface area contributed by atoms with Gasteiger partial charge in [-0.25, -0.2) is 15.2 Å². The molecule has 304 valence electrons. The molecule has 0 spiro atoms. The number of nitrogens with two attached hydrogens (primary N) is 1. The summed E-state index contributed by atoms with van der Waals surface area (Å²) in [5.74, 6) is -2.74. The summed E-state index contributed by atoms with van der Waals surface area (Å²) in [4.78, 5) is 64.9. The molecule has 1 atom stereocenters. The second-order valence-corrected chi connectivity index (χ2v) is 13.5. The quantitative estimate of drug-likeness (QED) is 0.0270. The molecule has 0 saturated heterocycles. The highest BCUT2D eigenvalue weighted by molar-refractivity contribution is 5.97. The van der Waals surface area contributed by atoms with Crippen LogP contribution in [0.5, 0.6) is 0 Å². The van der Waals surface area contributed by atoms with Crippen LogP contribution in [-0.4, -0.2) is 128 Å². The second-order valence-electron chi connectivity index (χ2n) is 13.5. The number of aromatic amines is 2. The van der Waals surface area contributed by atoms with E-state index >= 15 is 0 Å². The van der Waals surface area contributed by atoms with E-state index in [-0.39, 0.29) is 32.1 Å². The first-order valence-corrected chi connectivity index (χ1v) is 19.2. The average Bonchev–Trinajstić information content (AvgIpc) is 3.94. The lowest BCUT2D eigenvalue weighted by Gasteiger charge is -2.20. The van der Waals surface area contributed by atoms with E-state index in [1.54, 1.807) is 6.33 Å². The summed E-state index contributed by atoms with van der Waals surface area (Å²) in [6.45, 7) is 0.171. The zero-order valence-corrected chi connectivity index (χ0v) is 31.5. The summed E-state index contributed by atoms with van der Waals surface area (Å²) in [6.07, 6.45) is 16.7. The molecule has 0 bridgehead atoms. The summed E-state index contributed by atoms with van der Waals surface area (Å²) in [5.41, 5.74) is 6.77. The third-order valence-electron chi connectivity index (χ3n) is 9.10. The summed E-state index contributed by atoms with van der Waals surface area (Å²) in [7, 11) is 0. The van der Waals surface area contributed by atoms with Crippen molar-refractivity contribution in [3.63, 3.8) is 0 Å². The van der Waals surface area contributed by atoms with Crippen molar-refractivity contribution in [2.45, 2.75) is 128 Å². The molecule has 8 N–H and O–H groups in total. The van der Waals surface area contributed by atoms with Crippen LogP contribution in [0.3, 0.4) is 0 Å². The maximum atomic E-state index is 12.7. The van der Waals surface area contributed by atoms with Crippen LogP contribution in [0.25, 0.3) is 23.0 Å². The SMILES string of the molecule is NCN[C@@H](CCCCNC(=O)CN(CC(=O)O)C(=O)CCCCCCCCCCCCCCCn1cnc(-c2nnn[nH]2)c1-c1nnn[nH]1)C(=O)CC(=O)O. The van der Waals surface area contributed by atoms with Gasteiger partial charge in [0.15, 0.2) is 17.4 Å². The second kappa shape index (κ2) is 25.8. The van der Waals surface area contributed by atoms with Gasteiger partial charge in [-0.15, -0.1) is 10.2 Å². The summed E-state index contributed by atoms with van der Waals surface area (Å²) >= 11 is 0. The molecule has 0 unspecified atom stereocenters. The largest absolute Gasteiger partial charge is 0.481 e. The lowest BCUT2D eigenvalue weighted by molar-refractivity contribution is -0.146. The molecule has 55 heavy (non-hydrogen) atoms. The number of carboxylic acid groups (broad SMARTS) is 2. The predicted octanol–water partition coefficient (Wildman–Crippen LogP) is 1.82. The van der Waals surface area contributed by atoms with Crippen LogP contribution in [0.4, 0.5) is 0 Å². The molecule has 0 aliphatic rings. The topological polar surface area (TPSA) is 306 Å². The first kappa shape index (κ1) is 44.2. The minimum Gasteiger partial charge on any atom is -0.481 e. The van der Waals surface area contributed by atoms with Gasteiger partial charge in [0.05, 0.1) is 12.4 Å². The van der Waals surface area contributed by atoms with Crippen LogP contribution in [0.2, 0.25) is 0 Å². The van der Waals surface area contributed by atoms with Crippen molar-refractivity contribution in [1.82, 2.24) is 66.3 Å². The molecule has 3 rings (SSSR count). The van der Waals surface area contributed by atoms with Crippen LogP contribution >= 0.6 is 0 Å². The van der Waals surface area contributed by atoms with Crippen LogP contribution in [0.15, 0.2) is 6.33 Å². The number of hydrogen-bond donors (Lipinski definition) is 7. The first-order chi connectivity index (χ1) is 26.7. The van der Waals surface area contributed by atoms with E-state index < -0.39 is 42.6 Å². The van der Waals surface area contributed by atoms with Crippen LogP contribution in [-0.2, 0) is 30.5 Å². The Balaban J connectivity index is 1.17. The molecule has 0 radical (unpaired) electrons. The highest BCUT2D eigenvalue weighted by Crippen LogP contribution is 2.26. The maximum Gasteiger partial charge on any atom is 0.323 e. The Morgan fingerprint density at radius 3 is 1.93 bits per heavy atom. The molecule has 0 aliphatic heterocycles. The van der Waals surface area contributed by atoms with Gasteiger partial charge in [0.25, 0.3) is 0 Å². The number of unbranched alkanes of at least 4 members (excludes halogenated alkanes) is 13. The number of aliphatic carboxylic acids is 2. The first-order valence-electron chi connectivity index (χ1n) is 19.2. The van der Waals surface area contributed by atoms with E-state index in [1.807, 2.05) is 4.57 Å². The van der Waals surface area contributed by atoms with Gasteiger partial charge < -0.3 is 30.7 Å². The zero-order chi connectivity index (χ0) is 39.7. The number of carboxylic acids is 2. The van der Waals surface area contributed by atoms with Crippen molar-refractivity contribution >= 4 is 29.5 Å². The zero-order valence-electron chi connectivity index (χ0n) is 31.5. The number of tetrazole rings is 2. The number of H-pyrrole nitrogens is 2. The van der Waals surface area contributed by atoms with Crippen molar-refractivity contribution in [2.24, 2.45) is 5.73 Å². The molecule has 0 fully saturated rings. The number of imidazole rings is 1. The number of nitrogens with zero attached hydrogens (tertiary/aromatic N) is 9. The molecule has 21 nitrogen and oxygen atoms in total. The maximum absolute atomic E-state index is 12.7. The fourth-order valence-corrected chi connectivity index (χ4v) is 6.27. The minimum atomic E-state index is -1.21. The van der Waals surface area contributed by atoms with E-state index in [1.165, 1.54) is 32.1 Å². The normalized spacial score (nSPS) is 11.7. The third kappa shape index (κ3) is 17.2. The molecule has 2 amide bonds. The van der Waals surface area contributed by atoms with Gasteiger partial charge in [0.1, 0.15) is 30.9 Å². The fraction of sp³-hybridized carbons (Fsp3) is 0.706. The van der Waals surface area contributed by atoms with Crippen molar-refractivity contribution in [2.75, 3.05) is 26.3 Å². The molecule has 0 saturated carbocycles. The van der Waals surface area contributed by atoms with Crippen LogP contribution in [0.1, 0.15) is 116 Å². The lowest BCUT2D eigenvalue weighted by Crippen LogP contribution is -2.43. The van der Waals surface area contributed by atoms with Gasteiger partial charge in [-0.3, -0.25) is 29.3 Å². The highest BCUT2D eigenvalue weighted by Gasteiger charge is 2.22. The van der Waals surface area contributed by atoms with Gasteiger partial charge in [0.2, 0.25) is 11.8 Å². The van der Waals surface area contributed by atoms with Crippen molar-refractivity contribution in [3.8, 4) is 23.0 Å². The van der Waals surface area contributed by atoms with E-state index in [4.69, 9.17) is 10.8 Å². The Morgan fingerprint density at radius 2 is 1.36 bits per heavy atom. The molecule has 21 heteroatoms. The van der Waals surface area contributed by atoms with E-state index in [0.717, 1.165) is 62.1 Å². The third-order valence-corrected chi connectivity index (χ3v) is 9.10. The van der Waals surface area contributed by atoms with Gasteiger partial charge >= 0.3 is 11.9 Å². The Morgan fingerprint density at radius 1 is 0.764 bits per heavy atom. The lowest BCUT2D eigenvalue weighted by atomic mass is 10.0. The Kier molecular flexibility index (Phi) is 20.7. The fourth-order valence-electron chi connectivity index (χ4n) is 6.27. The Hall–Kier alpha value is -5.18. The molecular formula is C34H56N14O7. The minimum absolute atomic E-state index is 0.0275. The molecule has 3 aromatic rings. The molecule has 0 aliphatic carbocycles. The Labute approximate surface area is 319 Å². The monoisotopic (exact) mass is 772 g/mol. The number of amides is 2. The molecule has 3 aromatic heterocycles. The van der Waals surface area contributed by atoms with Crippen molar-refractivity contribution in [1.29, 1.82) is 0 Å². The van der Waals surface area contributed by atoms with Gasteiger partial charge in [0, 0.05) is 26.2 Å². The number of hydrogen-bond acceptors (Lipinski definition) is 14. The van der Waals surface area contributed by atoms with Crippen molar-refractivity contribution < 1.29 is 34.2 Å². The van der Waals surface area contributed by atoms with Crippen LogP contribution in [0, 0.1) is 0 Å². The number of aryl methyl sites for hydroxylation is 1. The summed E-state index contributed by atoms with van der Waals surface area (Å²) < 4.78 is 2.01. The molecule has 3 heterocycles. The number of carbonyl (C=O) groups excluding carboxylic acids is 3. The van der Waals surface area contributed by atoms with Gasteiger partial charge in [-0.2, -0.15) is 0 Å². The van der Waals surface area contributed by atoms with Crippen LogP contribution < -0.4 is 16.4 Å². The number of ketones is 1. The molecular weight excluding hydrogens is 716 g/mol. The Bertz CT molecular complexity index is 1570. The summed E-state index contributed by atoms with van der Waals surface area (Å²) in [5, 5.41) is 51.7. The smallest absolute Gasteiger partial charge is 0.323 e. The number of aromatic nitrogens is 10. The predicted molar refractivity (Wildman–Crippen MR) is 198 cm³/mol. The summed E-state index contributed by atoms with van der Waals surface area (Å²) in [6, 6.07) is -0.680.